The maximum atomic E-state index is 9.44. The summed E-state index contributed by atoms with van der Waals surface area (Å²) in [4.78, 5) is 8.34. The molecule has 1 aliphatic rings. The summed E-state index contributed by atoms with van der Waals surface area (Å²) in [7, 11) is 0. The Kier molecular flexibility index (Phi) is 3.07. The van der Waals surface area contributed by atoms with E-state index in [1.54, 1.807) is 19.1 Å². The number of aromatic hydroxyl groups is 1. The second-order valence-corrected chi connectivity index (χ2v) is 4.89. The number of hydrogen-bond donors (Lipinski definition) is 3. The van der Waals surface area contributed by atoms with Crippen LogP contribution in [-0.2, 0) is 0 Å². The third kappa shape index (κ3) is 2.07. The molecule has 5 N–H and O–H groups in total. The van der Waals surface area contributed by atoms with Gasteiger partial charge in [0, 0.05) is 0 Å². The van der Waals surface area contributed by atoms with Gasteiger partial charge in [-0.3, -0.25) is 0 Å². The average molecular weight is 295 g/mol. The Morgan fingerprint density at radius 3 is 2.55 bits per heavy atom. The van der Waals surface area contributed by atoms with E-state index in [0.29, 0.717) is 11.4 Å². The first-order valence-corrected chi connectivity index (χ1v) is 6.51. The van der Waals surface area contributed by atoms with Crippen molar-refractivity contribution in [3.8, 4) is 17.7 Å². The van der Waals surface area contributed by atoms with Crippen LogP contribution in [0.2, 0.25) is 0 Å². The Bertz CT molecular complexity index is 821. The number of anilines is 1. The molecule has 2 heterocycles. The number of aryl methyl sites for hydroxylation is 1. The average Bonchev–Trinajstić information content (AvgIpc) is 2.46. The van der Waals surface area contributed by atoms with Gasteiger partial charge in [0.2, 0.25) is 11.8 Å². The van der Waals surface area contributed by atoms with E-state index in [0.717, 1.165) is 5.56 Å². The van der Waals surface area contributed by atoms with Crippen LogP contribution in [0.1, 0.15) is 22.9 Å². The van der Waals surface area contributed by atoms with Crippen molar-refractivity contribution < 1.29 is 9.84 Å². The molecule has 1 aliphatic heterocycles. The molecular weight excluding hydrogens is 282 g/mol. The van der Waals surface area contributed by atoms with Crippen LogP contribution in [0, 0.1) is 18.3 Å². The third-order valence-electron chi connectivity index (χ3n) is 3.45. The van der Waals surface area contributed by atoms with Crippen molar-refractivity contribution >= 4 is 5.82 Å². The minimum absolute atomic E-state index is 0.00873. The first-order chi connectivity index (χ1) is 10.5. The Morgan fingerprint density at radius 2 is 1.91 bits per heavy atom. The number of allylic oxidation sites excluding steroid dienone is 1. The van der Waals surface area contributed by atoms with Crippen LogP contribution in [-0.4, -0.2) is 15.1 Å². The monoisotopic (exact) mass is 295 g/mol. The predicted octanol–water partition coefficient (Wildman–Crippen LogP) is 1.29. The third-order valence-corrected chi connectivity index (χ3v) is 3.45. The fourth-order valence-corrected chi connectivity index (χ4v) is 2.49. The van der Waals surface area contributed by atoms with Crippen molar-refractivity contribution in [2.45, 2.75) is 12.8 Å². The van der Waals surface area contributed by atoms with E-state index >= 15 is 0 Å². The molecule has 0 radical (unpaired) electrons. The van der Waals surface area contributed by atoms with Gasteiger partial charge in [0.1, 0.15) is 29.0 Å². The van der Waals surface area contributed by atoms with Crippen LogP contribution in [0.5, 0.6) is 11.6 Å². The zero-order valence-corrected chi connectivity index (χ0v) is 11.7. The van der Waals surface area contributed by atoms with E-state index in [2.05, 4.69) is 16.0 Å². The van der Waals surface area contributed by atoms with Crippen LogP contribution in [0.25, 0.3) is 0 Å². The lowest BCUT2D eigenvalue weighted by molar-refractivity contribution is 0.376. The number of benzene rings is 1. The normalized spacial score (nSPS) is 16.6. The number of nitriles is 1. The summed E-state index contributed by atoms with van der Waals surface area (Å²) >= 11 is 0. The summed E-state index contributed by atoms with van der Waals surface area (Å²) in [5.74, 6) is 0.523. The van der Waals surface area contributed by atoms with Crippen LogP contribution >= 0.6 is 0 Å². The van der Waals surface area contributed by atoms with Crippen molar-refractivity contribution in [2.24, 2.45) is 5.73 Å². The largest absolute Gasteiger partial charge is 0.508 e. The molecule has 2 aromatic rings. The number of phenols is 1. The summed E-state index contributed by atoms with van der Waals surface area (Å²) in [5.41, 5.74) is 13.3. The smallest absolute Gasteiger partial charge is 0.230 e. The molecule has 0 amide bonds. The second-order valence-electron chi connectivity index (χ2n) is 4.89. The molecule has 1 atom stereocenters. The number of ether oxygens (including phenoxy) is 1. The number of rotatable bonds is 1. The van der Waals surface area contributed by atoms with E-state index in [-0.39, 0.29) is 28.9 Å². The minimum Gasteiger partial charge on any atom is -0.508 e. The number of fused-ring (bicyclic) bond motifs is 1. The zero-order valence-electron chi connectivity index (χ0n) is 11.7. The lowest BCUT2D eigenvalue weighted by atomic mass is 9.84. The SMILES string of the molecule is Cc1nc(N)c2c(n1)OC(N)=C(C#N)C2c1ccc(O)cc1. The van der Waals surface area contributed by atoms with E-state index in [1.165, 1.54) is 12.1 Å². The van der Waals surface area contributed by atoms with Gasteiger partial charge < -0.3 is 21.3 Å². The molecule has 0 bridgehead atoms. The van der Waals surface area contributed by atoms with E-state index in [1.807, 2.05) is 0 Å². The van der Waals surface area contributed by atoms with Gasteiger partial charge in [-0.2, -0.15) is 10.2 Å². The Morgan fingerprint density at radius 1 is 1.23 bits per heavy atom. The minimum atomic E-state index is -0.532. The summed E-state index contributed by atoms with van der Waals surface area (Å²) in [6, 6.07) is 8.50. The molecule has 0 aliphatic carbocycles. The fourth-order valence-electron chi connectivity index (χ4n) is 2.49. The number of phenolic OH excluding ortho intramolecular Hbond substituents is 1. The van der Waals surface area contributed by atoms with E-state index in [4.69, 9.17) is 16.2 Å². The molecule has 7 nitrogen and oxygen atoms in total. The molecule has 110 valence electrons. The quantitative estimate of drug-likeness (QED) is 0.722. The van der Waals surface area contributed by atoms with Crippen molar-refractivity contribution in [3.05, 3.63) is 52.7 Å². The highest BCUT2D eigenvalue weighted by atomic mass is 16.5. The highest BCUT2D eigenvalue weighted by molar-refractivity contribution is 5.61. The molecule has 0 fully saturated rings. The Balaban J connectivity index is 2.27. The molecule has 0 spiro atoms. The first kappa shape index (κ1) is 13.7. The van der Waals surface area contributed by atoms with Gasteiger partial charge in [-0.25, -0.2) is 4.98 Å². The zero-order chi connectivity index (χ0) is 15.9. The summed E-state index contributed by atoms with van der Waals surface area (Å²) in [5, 5.41) is 18.9. The summed E-state index contributed by atoms with van der Waals surface area (Å²) < 4.78 is 5.43. The Labute approximate surface area is 126 Å². The van der Waals surface area contributed by atoms with Gasteiger partial charge in [0.25, 0.3) is 0 Å². The molecule has 1 aromatic heterocycles. The van der Waals surface area contributed by atoms with Crippen molar-refractivity contribution in [1.29, 1.82) is 5.26 Å². The molecule has 3 rings (SSSR count). The van der Waals surface area contributed by atoms with Crippen molar-refractivity contribution in [1.82, 2.24) is 9.97 Å². The van der Waals surface area contributed by atoms with Gasteiger partial charge >= 0.3 is 0 Å². The Hall–Kier alpha value is -3.27. The first-order valence-electron chi connectivity index (χ1n) is 6.51. The second kappa shape index (κ2) is 4.93. The van der Waals surface area contributed by atoms with Crippen LogP contribution in [0.4, 0.5) is 5.82 Å². The molecule has 0 saturated carbocycles. The highest BCUT2D eigenvalue weighted by Crippen LogP contribution is 2.43. The van der Waals surface area contributed by atoms with Crippen molar-refractivity contribution in [2.75, 3.05) is 5.73 Å². The maximum Gasteiger partial charge on any atom is 0.230 e. The van der Waals surface area contributed by atoms with Gasteiger partial charge in [-0.05, 0) is 24.6 Å². The van der Waals surface area contributed by atoms with E-state index < -0.39 is 5.92 Å². The molecule has 0 saturated heterocycles. The lowest BCUT2D eigenvalue weighted by Gasteiger charge is -2.26. The molecule has 1 aromatic carbocycles. The standard InChI is InChI=1S/C15H13N5O2/c1-7-19-13(17)12-11(8-2-4-9(21)5-3-8)10(6-16)14(18)22-15(12)20-7/h2-5,11,21H,18H2,1H3,(H2,17,19,20). The molecule has 7 heteroatoms. The van der Waals surface area contributed by atoms with Crippen LogP contribution < -0.4 is 16.2 Å². The fraction of sp³-hybridized carbons (Fsp3) is 0.133. The van der Waals surface area contributed by atoms with Gasteiger partial charge in [-0.15, -0.1) is 0 Å². The van der Waals surface area contributed by atoms with Crippen LogP contribution in [0.15, 0.2) is 35.7 Å². The van der Waals surface area contributed by atoms with Gasteiger partial charge in [0.15, 0.2) is 0 Å². The number of nitrogens with zero attached hydrogens (tertiary/aromatic N) is 3. The molecule has 1 unspecified atom stereocenters. The summed E-state index contributed by atoms with van der Waals surface area (Å²) in [6.07, 6.45) is 0. The predicted molar refractivity (Wildman–Crippen MR) is 78.6 cm³/mol. The molecular formula is C15H13N5O2. The molecule has 22 heavy (non-hydrogen) atoms. The van der Waals surface area contributed by atoms with Crippen LogP contribution in [0.3, 0.4) is 0 Å². The van der Waals surface area contributed by atoms with Gasteiger partial charge in [-0.1, -0.05) is 12.1 Å². The van der Waals surface area contributed by atoms with E-state index in [9.17, 15) is 10.4 Å². The topological polar surface area (TPSA) is 131 Å². The maximum absolute atomic E-state index is 9.44. The lowest BCUT2D eigenvalue weighted by Crippen LogP contribution is -2.23. The number of aromatic nitrogens is 2. The number of hydrogen-bond acceptors (Lipinski definition) is 7. The summed E-state index contributed by atoms with van der Waals surface area (Å²) in [6.45, 7) is 1.69. The highest BCUT2D eigenvalue weighted by Gasteiger charge is 2.34. The van der Waals surface area contributed by atoms with Crippen molar-refractivity contribution in [3.63, 3.8) is 0 Å². The van der Waals surface area contributed by atoms with Gasteiger partial charge in [0.05, 0.1) is 11.5 Å². The number of nitrogens with two attached hydrogens (primary N) is 2. The number of nitrogen functional groups attached to an aromatic ring is 1.